The van der Waals surface area contributed by atoms with Gasteiger partial charge in [-0.05, 0) is 41.1 Å². The Morgan fingerprint density at radius 2 is 2.33 bits per heavy atom. The molecule has 0 spiro atoms. The van der Waals surface area contributed by atoms with E-state index in [1.165, 1.54) is 11.8 Å². The number of halogens is 1. The SMILES string of the molecule is Cc1cc(Br)oc1C(=O)NC1(C(=O)O)CCSC1. The van der Waals surface area contributed by atoms with E-state index in [2.05, 4.69) is 21.2 Å². The number of hydrogen-bond acceptors (Lipinski definition) is 4. The summed E-state index contributed by atoms with van der Waals surface area (Å²) in [5, 5.41) is 11.9. The molecule has 5 nitrogen and oxygen atoms in total. The number of carbonyl (C=O) groups is 2. The van der Waals surface area contributed by atoms with E-state index in [0.717, 1.165) is 5.75 Å². The average molecular weight is 334 g/mol. The Morgan fingerprint density at radius 1 is 1.61 bits per heavy atom. The maximum atomic E-state index is 12.0. The minimum absolute atomic E-state index is 0.152. The lowest BCUT2D eigenvalue weighted by molar-refractivity contribution is -0.143. The Morgan fingerprint density at radius 3 is 2.78 bits per heavy atom. The number of nitrogens with one attached hydrogen (secondary N) is 1. The lowest BCUT2D eigenvalue weighted by Gasteiger charge is -2.23. The van der Waals surface area contributed by atoms with Gasteiger partial charge < -0.3 is 14.8 Å². The van der Waals surface area contributed by atoms with Gasteiger partial charge in [0.1, 0.15) is 5.54 Å². The van der Waals surface area contributed by atoms with Crippen molar-refractivity contribution in [3.8, 4) is 0 Å². The molecule has 0 radical (unpaired) electrons. The molecule has 0 saturated carbocycles. The van der Waals surface area contributed by atoms with Crippen LogP contribution in [0.25, 0.3) is 0 Å². The molecule has 1 aromatic rings. The topological polar surface area (TPSA) is 79.5 Å². The molecule has 0 bridgehead atoms. The van der Waals surface area contributed by atoms with Crippen LogP contribution in [0.1, 0.15) is 22.5 Å². The molecule has 1 saturated heterocycles. The minimum Gasteiger partial charge on any atom is -0.479 e. The van der Waals surface area contributed by atoms with Crippen molar-refractivity contribution < 1.29 is 19.1 Å². The summed E-state index contributed by atoms with van der Waals surface area (Å²) in [4.78, 5) is 23.4. The van der Waals surface area contributed by atoms with Crippen LogP contribution in [-0.2, 0) is 4.79 Å². The quantitative estimate of drug-likeness (QED) is 0.884. The molecule has 1 atom stereocenters. The van der Waals surface area contributed by atoms with Crippen LogP contribution in [0, 0.1) is 6.92 Å². The number of carbonyl (C=O) groups excluding carboxylic acids is 1. The van der Waals surface area contributed by atoms with Gasteiger partial charge in [0.25, 0.3) is 5.91 Å². The molecule has 1 amide bonds. The van der Waals surface area contributed by atoms with E-state index in [1.54, 1.807) is 13.0 Å². The normalized spacial score (nSPS) is 23.0. The number of aliphatic carboxylic acids is 1. The summed E-state index contributed by atoms with van der Waals surface area (Å²) in [6, 6.07) is 1.67. The summed E-state index contributed by atoms with van der Waals surface area (Å²) in [6.45, 7) is 1.74. The number of hydrogen-bond donors (Lipinski definition) is 2. The van der Waals surface area contributed by atoms with Crippen molar-refractivity contribution in [3.63, 3.8) is 0 Å². The highest BCUT2D eigenvalue weighted by Gasteiger charge is 2.44. The van der Waals surface area contributed by atoms with Crippen LogP contribution in [0.5, 0.6) is 0 Å². The summed E-state index contributed by atoms with van der Waals surface area (Å²) >= 11 is 4.66. The smallest absolute Gasteiger partial charge is 0.330 e. The lowest BCUT2D eigenvalue weighted by atomic mass is 9.99. The molecule has 1 aliphatic heterocycles. The van der Waals surface area contributed by atoms with Crippen LogP contribution in [0.4, 0.5) is 0 Å². The van der Waals surface area contributed by atoms with Gasteiger partial charge in [-0.25, -0.2) is 4.79 Å². The number of rotatable bonds is 3. The summed E-state index contributed by atoms with van der Waals surface area (Å²) in [7, 11) is 0. The van der Waals surface area contributed by atoms with E-state index >= 15 is 0 Å². The molecular weight excluding hydrogens is 322 g/mol. The highest BCUT2D eigenvalue weighted by atomic mass is 79.9. The molecule has 1 aliphatic rings. The zero-order chi connectivity index (χ0) is 13.3. The van der Waals surface area contributed by atoms with Gasteiger partial charge in [0.15, 0.2) is 10.4 Å². The van der Waals surface area contributed by atoms with E-state index < -0.39 is 17.4 Å². The second-order valence-corrected chi connectivity index (χ2v) is 6.09. The molecule has 2 rings (SSSR count). The molecule has 2 heterocycles. The molecule has 1 fully saturated rings. The molecule has 0 aromatic carbocycles. The number of carboxylic acids is 1. The van der Waals surface area contributed by atoms with Crippen LogP contribution in [0.3, 0.4) is 0 Å². The molecule has 98 valence electrons. The summed E-state index contributed by atoms with van der Waals surface area (Å²) in [5.41, 5.74) is -0.501. The van der Waals surface area contributed by atoms with Crippen molar-refractivity contribution in [2.75, 3.05) is 11.5 Å². The number of thioether (sulfide) groups is 1. The van der Waals surface area contributed by atoms with E-state index in [1.807, 2.05) is 0 Å². The van der Waals surface area contributed by atoms with Crippen molar-refractivity contribution in [3.05, 3.63) is 22.1 Å². The Balaban J connectivity index is 2.20. The van der Waals surface area contributed by atoms with Gasteiger partial charge in [0, 0.05) is 11.3 Å². The van der Waals surface area contributed by atoms with Crippen LogP contribution in [0.2, 0.25) is 0 Å². The molecule has 0 aliphatic carbocycles. The van der Waals surface area contributed by atoms with Crippen LogP contribution >= 0.6 is 27.7 Å². The van der Waals surface area contributed by atoms with Crippen molar-refractivity contribution >= 4 is 39.6 Å². The number of aryl methyl sites for hydroxylation is 1. The van der Waals surface area contributed by atoms with Crippen molar-refractivity contribution in [1.82, 2.24) is 5.32 Å². The molecule has 1 unspecified atom stereocenters. The first kappa shape index (κ1) is 13.5. The lowest BCUT2D eigenvalue weighted by Crippen LogP contribution is -2.54. The van der Waals surface area contributed by atoms with Gasteiger partial charge in [-0.1, -0.05) is 0 Å². The predicted octanol–water partition coefficient (Wildman–Crippen LogP) is 2.04. The van der Waals surface area contributed by atoms with Crippen LogP contribution in [0.15, 0.2) is 15.2 Å². The van der Waals surface area contributed by atoms with Crippen LogP contribution in [-0.4, -0.2) is 34.0 Å². The highest BCUT2D eigenvalue weighted by molar-refractivity contribution is 9.10. The Bertz CT molecular complexity index is 493. The first-order chi connectivity index (χ1) is 8.44. The number of carboxylic acid groups (broad SMARTS) is 1. The van der Waals surface area contributed by atoms with Gasteiger partial charge in [-0.3, -0.25) is 4.79 Å². The van der Waals surface area contributed by atoms with E-state index in [0.29, 0.717) is 22.4 Å². The largest absolute Gasteiger partial charge is 0.479 e. The van der Waals surface area contributed by atoms with Crippen molar-refractivity contribution in [2.24, 2.45) is 0 Å². The van der Waals surface area contributed by atoms with Gasteiger partial charge >= 0.3 is 5.97 Å². The predicted molar refractivity (Wildman–Crippen MR) is 70.9 cm³/mol. The first-order valence-corrected chi connectivity index (χ1v) is 7.29. The zero-order valence-electron chi connectivity index (χ0n) is 9.66. The molecule has 18 heavy (non-hydrogen) atoms. The maximum Gasteiger partial charge on any atom is 0.330 e. The van der Waals surface area contributed by atoms with E-state index in [4.69, 9.17) is 4.42 Å². The third kappa shape index (κ3) is 2.42. The molecule has 7 heteroatoms. The molecular formula is C11H12BrNO4S. The average Bonchev–Trinajstić information content (AvgIpc) is 2.86. The van der Waals surface area contributed by atoms with Crippen LogP contribution < -0.4 is 5.32 Å². The maximum absolute atomic E-state index is 12.0. The fourth-order valence-electron chi connectivity index (χ4n) is 1.83. The molecule has 2 N–H and O–H groups in total. The van der Waals surface area contributed by atoms with Gasteiger partial charge in [-0.2, -0.15) is 11.8 Å². The fraction of sp³-hybridized carbons (Fsp3) is 0.455. The summed E-state index contributed by atoms with van der Waals surface area (Å²) in [6.07, 6.45) is 0.430. The first-order valence-electron chi connectivity index (χ1n) is 5.34. The Hall–Kier alpha value is -0.950. The zero-order valence-corrected chi connectivity index (χ0v) is 12.1. The second-order valence-electron chi connectivity index (χ2n) is 4.21. The third-order valence-electron chi connectivity index (χ3n) is 2.88. The molecule has 1 aromatic heterocycles. The summed E-state index contributed by atoms with van der Waals surface area (Å²) < 4.78 is 5.67. The van der Waals surface area contributed by atoms with Gasteiger partial charge in [-0.15, -0.1) is 0 Å². The second kappa shape index (κ2) is 4.97. The minimum atomic E-state index is -1.17. The number of furan rings is 1. The van der Waals surface area contributed by atoms with Gasteiger partial charge in [0.05, 0.1) is 0 Å². The van der Waals surface area contributed by atoms with Crippen molar-refractivity contribution in [2.45, 2.75) is 18.9 Å². The third-order valence-corrected chi connectivity index (χ3v) is 4.46. The Kier molecular flexibility index (Phi) is 3.72. The standard InChI is InChI=1S/C11H12BrNO4S/c1-6-4-7(12)17-8(6)9(14)13-11(10(15)16)2-3-18-5-11/h4H,2-3,5H2,1H3,(H,13,14)(H,15,16). The van der Waals surface area contributed by atoms with Gasteiger partial charge in [0.2, 0.25) is 0 Å². The fourth-order valence-corrected chi connectivity index (χ4v) is 3.66. The number of amides is 1. The Labute approximate surface area is 116 Å². The highest BCUT2D eigenvalue weighted by Crippen LogP contribution is 2.29. The van der Waals surface area contributed by atoms with E-state index in [-0.39, 0.29) is 5.76 Å². The summed E-state index contributed by atoms with van der Waals surface area (Å²) in [5.74, 6) is -0.214. The van der Waals surface area contributed by atoms with E-state index in [9.17, 15) is 14.7 Å². The monoisotopic (exact) mass is 333 g/mol. The van der Waals surface area contributed by atoms with Crippen molar-refractivity contribution in [1.29, 1.82) is 0 Å².